The molecule has 26 heavy (non-hydrogen) atoms. The van der Waals surface area contributed by atoms with Gasteiger partial charge in [0.1, 0.15) is 0 Å². The van der Waals surface area contributed by atoms with Crippen LogP contribution in [0.2, 0.25) is 0 Å². The molecule has 2 aromatic rings. The smallest absolute Gasteiger partial charge is 0.161 e. The van der Waals surface area contributed by atoms with E-state index < -0.39 is 0 Å². The van der Waals surface area contributed by atoms with Crippen LogP contribution in [0.15, 0.2) is 42.6 Å². The van der Waals surface area contributed by atoms with Gasteiger partial charge in [0.15, 0.2) is 5.78 Å². The number of carbonyl (C=O) groups excluding carboxylic acids is 1. The number of carbonyl (C=O) groups is 1. The molecule has 0 N–H and O–H groups in total. The predicted molar refractivity (Wildman–Crippen MR) is 108 cm³/mol. The number of hydrogen-bond acceptors (Lipinski definition) is 2. The van der Waals surface area contributed by atoms with Crippen molar-refractivity contribution in [1.82, 2.24) is 4.98 Å². The summed E-state index contributed by atoms with van der Waals surface area (Å²) in [6.07, 6.45) is 12.7. The van der Waals surface area contributed by atoms with E-state index in [1.54, 1.807) is 13.1 Å². The maximum atomic E-state index is 11.4. The van der Waals surface area contributed by atoms with Gasteiger partial charge in [-0.1, -0.05) is 69.7 Å². The molecule has 0 unspecified atom stereocenters. The molecule has 1 aromatic heterocycles. The first-order chi connectivity index (χ1) is 12.7. The van der Waals surface area contributed by atoms with Crippen LogP contribution in [0.25, 0.3) is 11.3 Å². The number of hydrogen-bond donors (Lipinski definition) is 0. The Morgan fingerprint density at radius 3 is 2.15 bits per heavy atom. The predicted octanol–water partition coefficient (Wildman–Crippen LogP) is 6.49. The topological polar surface area (TPSA) is 30.0 Å². The molecular weight excluding hydrogens is 318 g/mol. The van der Waals surface area contributed by atoms with Crippen molar-refractivity contribution in [3.05, 3.63) is 53.7 Å². The Morgan fingerprint density at radius 1 is 0.962 bits per heavy atom. The third-order valence-electron chi connectivity index (χ3n) is 5.92. The third-order valence-corrected chi connectivity index (χ3v) is 5.92. The average Bonchev–Trinajstić information content (AvgIpc) is 2.68. The molecule has 1 aromatic carbocycles. The molecule has 3 rings (SSSR count). The van der Waals surface area contributed by atoms with E-state index in [1.165, 1.54) is 56.9 Å². The first kappa shape index (κ1) is 18.8. The van der Waals surface area contributed by atoms with E-state index in [9.17, 15) is 4.79 Å². The Labute approximate surface area is 158 Å². The van der Waals surface area contributed by atoms with Gasteiger partial charge < -0.3 is 0 Å². The van der Waals surface area contributed by atoms with E-state index in [4.69, 9.17) is 0 Å². The summed E-state index contributed by atoms with van der Waals surface area (Å²) in [5, 5.41) is 0. The molecule has 0 amide bonds. The quantitative estimate of drug-likeness (QED) is 0.535. The second-order valence-electron chi connectivity index (χ2n) is 7.90. The molecule has 0 aliphatic heterocycles. The molecule has 0 atom stereocenters. The third kappa shape index (κ3) is 5.03. The molecule has 1 fully saturated rings. The lowest BCUT2D eigenvalue weighted by atomic mass is 9.78. The molecule has 1 aliphatic carbocycles. The van der Waals surface area contributed by atoms with Crippen LogP contribution in [-0.4, -0.2) is 10.8 Å². The van der Waals surface area contributed by atoms with Crippen LogP contribution in [0.1, 0.15) is 74.7 Å². The van der Waals surface area contributed by atoms with E-state index in [1.807, 2.05) is 12.1 Å². The van der Waals surface area contributed by atoms with Crippen molar-refractivity contribution in [3.63, 3.8) is 0 Å². The number of rotatable bonds is 7. The number of pyridine rings is 1. The second kappa shape index (κ2) is 9.12. The van der Waals surface area contributed by atoms with Crippen molar-refractivity contribution >= 4 is 5.78 Å². The highest BCUT2D eigenvalue weighted by Gasteiger charge is 2.20. The van der Waals surface area contributed by atoms with E-state index in [0.717, 1.165) is 23.1 Å². The zero-order valence-electron chi connectivity index (χ0n) is 16.2. The average molecular weight is 350 g/mol. The molecule has 138 valence electrons. The van der Waals surface area contributed by atoms with Crippen molar-refractivity contribution < 1.29 is 4.79 Å². The molecule has 0 saturated heterocycles. The lowest BCUT2D eigenvalue weighted by molar-refractivity contribution is 0.101. The maximum absolute atomic E-state index is 11.4. The molecule has 2 nitrogen and oxygen atoms in total. The zero-order valence-corrected chi connectivity index (χ0v) is 16.2. The standard InChI is InChI=1S/C24H31NO/c1-3-4-19-5-7-20(8-6-19)9-10-21-11-13-22(14-12-21)24-16-15-23(17-25-24)18(2)26/h11-17,19-20H,3-10H2,1-2H3. The van der Waals surface area contributed by atoms with Gasteiger partial charge in [-0.15, -0.1) is 0 Å². The van der Waals surface area contributed by atoms with Gasteiger partial charge in [0, 0.05) is 17.3 Å². The van der Waals surface area contributed by atoms with Crippen LogP contribution < -0.4 is 0 Å². The summed E-state index contributed by atoms with van der Waals surface area (Å²) < 4.78 is 0. The zero-order chi connectivity index (χ0) is 18.4. The number of ketones is 1. The van der Waals surface area contributed by atoms with Crippen LogP contribution in [0, 0.1) is 11.8 Å². The fourth-order valence-electron chi connectivity index (χ4n) is 4.20. The summed E-state index contributed by atoms with van der Waals surface area (Å²) in [7, 11) is 0. The van der Waals surface area contributed by atoms with E-state index in [-0.39, 0.29) is 5.78 Å². The number of aryl methyl sites for hydroxylation is 1. The SMILES string of the molecule is CCCC1CCC(CCc2ccc(-c3ccc(C(C)=O)cn3)cc2)CC1. The second-order valence-corrected chi connectivity index (χ2v) is 7.90. The van der Waals surface area contributed by atoms with Gasteiger partial charge in [0.2, 0.25) is 0 Å². The van der Waals surface area contributed by atoms with E-state index in [0.29, 0.717) is 5.56 Å². The van der Waals surface area contributed by atoms with Crippen molar-refractivity contribution in [3.8, 4) is 11.3 Å². The largest absolute Gasteiger partial charge is 0.294 e. The van der Waals surface area contributed by atoms with Gasteiger partial charge in [0.25, 0.3) is 0 Å². The molecule has 2 heteroatoms. The van der Waals surface area contributed by atoms with Gasteiger partial charge >= 0.3 is 0 Å². The Bertz CT molecular complexity index is 694. The summed E-state index contributed by atoms with van der Waals surface area (Å²) >= 11 is 0. The molecule has 0 bridgehead atoms. The maximum Gasteiger partial charge on any atom is 0.161 e. The van der Waals surface area contributed by atoms with Crippen LogP contribution in [0.5, 0.6) is 0 Å². The van der Waals surface area contributed by atoms with Gasteiger partial charge in [-0.2, -0.15) is 0 Å². The molecule has 1 saturated carbocycles. The highest BCUT2D eigenvalue weighted by atomic mass is 16.1. The van der Waals surface area contributed by atoms with E-state index >= 15 is 0 Å². The number of nitrogens with zero attached hydrogens (tertiary/aromatic N) is 1. The Hall–Kier alpha value is -1.96. The minimum absolute atomic E-state index is 0.0584. The fourth-order valence-corrected chi connectivity index (χ4v) is 4.20. The van der Waals surface area contributed by atoms with Crippen LogP contribution in [0.3, 0.4) is 0 Å². The Balaban J connectivity index is 1.51. The lowest BCUT2D eigenvalue weighted by Crippen LogP contribution is -2.15. The van der Waals surface area contributed by atoms with Crippen LogP contribution in [-0.2, 0) is 6.42 Å². The summed E-state index contributed by atoms with van der Waals surface area (Å²) in [5.74, 6) is 1.98. The first-order valence-electron chi connectivity index (χ1n) is 10.2. The highest BCUT2D eigenvalue weighted by Crippen LogP contribution is 2.33. The summed E-state index contributed by atoms with van der Waals surface area (Å²) in [6, 6.07) is 12.6. The monoisotopic (exact) mass is 349 g/mol. The fraction of sp³-hybridized carbons (Fsp3) is 0.500. The van der Waals surface area contributed by atoms with Crippen LogP contribution in [0.4, 0.5) is 0 Å². The van der Waals surface area contributed by atoms with Crippen molar-refractivity contribution in [2.24, 2.45) is 11.8 Å². The molecule has 0 spiro atoms. The Morgan fingerprint density at radius 2 is 1.62 bits per heavy atom. The molecular formula is C24H31NO. The van der Waals surface area contributed by atoms with Crippen molar-refractivity contribution in [1.29, 1.82) is 0 Å². The van der Waals surface area contributed by atoms with Gasteiger partial charge in [0.05, 0.1) is 5.69 Å². The van der Waals surface area contributed by atoms with Crippen molar-refractivity contribution in [2.75, 3.05) is 0 Å². The summed E-state index contributed by atoms with van der Waals surface area (Å²) in [6.45, 7) is 3.88. The first-order valence-corrected chi connectivity index (χ1v) is 10.2. The number of aromatic nitrogens is 1. The van der Waals surface area contributed by atoms with Gasteiger partial charge in [-0.05, 0) is 49.3 Å². The highest BCUT2D eigenvalue weighted by molar-refractivity contribution is 5.93. The number of Topliss-reactive ketones (excluding diaryl/α,β-unsaturated/α-hetero) is 1. The summed E-state index contributed by atoms with van der Waals surface area (Å²) in [5.41, 5.74) is 4.13. The molecule has 1 aliphatic rings. The molecule has 0 radical (unpaired) electrons. The summed E-state index contributed by atoms with van der Waals surface area (Å²) in [4.78, 5) is 15.8. The molecule has 1 heterocycles. The van der Waals surface area contributed by atoms with Crippen molar-refractivity contribution in [2.45, 2.75) is 65.2 Å². The number of benzene rings is 1. The van der Waals surface area contributed by atoms with E-state index in [2.05, 4.69) is 36.2 Å². The Kier molecular flexibility index (Phi) is 6.60. The van der Waals surface area contributed by atoms with Crippen LogP contribution >= 0.6 is 0 Å². The minimum atomic E-state index is 0.0584. The lowest BCUT2D eigenvalue weighted by Gasteiger charge is -2.28. The van der Waals surface area contributed by atoms with Gasteiger partial charge in [-0.3, -0.25) is 9.78 Å². The normalized spacial score (nSPS) is 20.1. The minimum Gasteiger partial charge on any atom is -0.294 e. The van der Waals surface area contributed by atoms with Gasteiger partial charge in [-0.25, -0.2) is 0 Å².